The molecule has 0 spiro atoms. The van der Waals surface area contributed by atoms with E-state index in [1.54, 1.807) is 18.2 Å². The Morgan fingerprint density at radius 3 is 2.65 bits per heavy atom. The average Bonchev–Trinajstić information content (AvgIpc) is 2.85. The molecule has 6 heteroatoms. The fourth-order valence-corrected chi connectivity index (χ4v) is 4.27. The maximum Gasteiger partial charge on any atom is 0.271 e. The average molecular weight is 311 g/mol. The number of hydrogen-bond donors (Lipinski definition) is 2. The summed E-state index contributed by atoms with van der Waals surface area (Å²) < 4.78 is 27.5. The van der Waals surface area contributed by atoms with Crippen molar-refractivity contribution in [2.24, 2.45) is 0 Å². The Morgan fingerprint density at radius 1 is 1.20 bits per heavy atom. The number of benzene rings is 1. The number of thiophene rings is 1. The Labute approximate surface area is 123 Å². The molecule has 108 valence electrons. The van der Waals surface area contributed by atoms with Crippen molar-refractivity contribution in [1.29, 1.82) is 0 Å². The Hall–Kier alpha value is -1.37. The third kappa shape index (κ3) is 3.20. The standard InChI is InChI=1S/C14H17NO3S2/c1-10-4-3-5-13(11(10)2)15-20(17,18)14-7-6-12(19-14)8-9-16/h3-7,15-16H,8-9H2,1-2H3. The highest BCUT2D eigenvalue weighted by molar-refractivity contribution is 7.94. The van der Waals surface area contributed by atoms with Gasteiger partial charge in [0.1, 0.15) is 4.21 Å². The van der Waals surface area contributed by atoms with Crippen molar-refractivity contribution < 1.29 is 13.5 Å². The van der Waals surface area contributed by atoms with Gasteiger partial charge in [-0.1, -0.05) is 12.1 Å². The van der Waals surface area contributed by atoms with E-state index < -0.39 is 10.0 Å². The zero-order valence-electron chi connectivity index (χ0n) is 11.4. The number of aryl methyl sites for hydroxylation is 1. The Morgan fingerprint density at radius 2 is 1.95 bits per heavy atom. The highest BCUT2D eigenvalue weighted by atomic mass is 32.2. The molecule has 4 nitrogen and oxygen atoms in total. The number of rotatable bonds is 5. The van der Waals surface area contributed by atoms with Crippen LogP contribution in [0.3, 0.4) is 0 Å². The third-order valence-electron chi connectivity index (χ3n) is 3.11. The van der Waals surface area contributed by atoms with Crippen LogP contribution < -0.4 is 4.72 Å². The van der Waals surface area contributed by atoms with Crippen molar-refractivity contribution in [2.75, 3.05) is 11.3 Å². The van der Waals surface area contributed by atoms with Crippen LogP contribution in [-0.4, -0.2) is 20.1 Å². The van der Waals surface area contributed by atoms with Crippen LogP contribution in [0.25, 0.3) is 0 Å². The highest BCUT2D eigenvalue weighted by Gasteiger charge is 2.18. The number of aliphatic hydroxyl groups excluding tert-OH is 1. The molecule has 0 bridgehead atoms. The van der Waals surface area contributed by atoms with E-state index in [1.165, 1.54) is 11.3 Å². The highest BCUT2D eigenvalue weighted by Crippen LogP contribution is 2.26. The van der Waals surface area contributed by atoms with Gasteiger partial charge in [0.25, 0.3) is 10.0 Å². The van der Waals surface area contributed by atoms with Gasteiger partial charge in [-0.05, 0) is 43.2 Å². The zero-order valence-corrected chi connectivity index (χ0v) is 13.0. The molecule has 1 heterocycles. The van der Waals surface area contributed by atoms with Crippen LogP contribution >= 0.6 is 11.3 Å². The molecular weight excluding hydrogens is 294 g/mol. The monoisotopic (exact) mass is 311 g/mol. The van der Waals surface area contributed by atoms with Crippen LogP contribution in [0.4, 0.5) is 5.69 Å². The summed E-state index contributed by atoms with van der Waals surface area (Å²) in [5.74, 6) is 0. The van der Waals surface area contributed by atoms with Crippen LogP contribution in [0.5, 0.6) is 0 Å². The summed E-state index contributed by atoms with van der Waals surface area (Å²) in [6.45, 7) is 3.85. The molecule has 2 rings (SSSR count). The van der Waals surface area contributed by atoms with Gasteiger partial charge in [-0.3, -0.25) is 4.72 Å². The molecule has 1 aromatic carbocycles. The molecular formula is C14H17NO3S2. The van der Waals surface area contributed by atoms with Crippen molar-refractivity contribution in [3.63, 3.8) is 0 Å². The Balaban J connectivity index is 2.28. The van der Waals surface area contributed by atoms with Crippen LogP contribution in [-0.2, 0) is 16.4 Å². The van der Waals surface area contributed by atoms with Gasteiger partial charge in [0, 0.05) is 17.9 Å². The van der Waals surface area contributed by atoms with Gasteiger partial charge in [-0.2, -0.15) is 0 Å². The number of sulfonamides is 1. The summed E-state index contributed by atoms with van der Waals surface area (Å²) in [5, 5.41) is 8.88. The summed E-state index contributed by atoms with van der Waals surface area (Å²) in [6, 6.07) is 8.83. The maximum atomic E-state index is 12.3. The van der Waals surface area contributed by atoms with E-state index in [0.29, 0.717) is 12.1 Å². The molecule has 1 aromatic heterocycles. The minimum Gasteiger partial charge on any atom is -0.396 e. The molecule has 0 unspecified atom stereocenters. The zero-order chi connectivity index (χ0) is 14.8. The predicted molar refractivity (Wildman–Crippen MR) is 81.8 cm³/mol. The van der Waals surface area contributed by atoms with E-state index in [2.05, 4.69) is 4.72 Å². The first kappa shape index (κ1) is 15.0. The summed E-state index contributed by atoms with van der Waals surface area (Å²) >= 11 is 1.18. The van der Waals surface area contributed by atoms with Crippen molar-refractivity contribution in [1.82, 2.24) is 0 Å². The molecule has 2 N–H and O–H groups in total. The van der Waals surface area contributed by atoms with Crippen LogP contribution in [0.2, 0.25) is 0 Å². The second-order valence-corrected chi connectivity index (χ2v) is 7.62. The second kappa shape index (κ2) is 5.95. The van der Waals surface area contributed by atoms with E-state index in [9.17, 15) is 8.42 Å². The normalized spacial score (nSPS) is 11.6. The van der Waals surface area contributed by atoms with Crippen molar-refractivity contribution in [3.05, 3.63) is 46.3 Å². The number of anilines is 1. The summed E-state index contributed by atoms with van der Waals surface area (Å²) in [4.78, 5) is 0.855. The van der Waals surface area contributed by atoms with Crippen molar-refractivity contribution >= 4 is 27.0 Å². The predicted octanol–water partition coefficient (Wildman–Crippen LogP) is 2.70. The SMILES string of the molecule is Cc1cccc(NS(=O)(=O)c2ccc(CCO)s2)c1C. The van der Waals surface area contributed by atoms with Crippen molar-refractivity contribution in [2.45, 2.75) is 24.5 Å². The molecule has 0 aliphatic heterocycles. The second-order valence-electron chi connectivity index (χ2n) is 4.55. The minimum atomic E-state index is -3.56. The van der Waals surface area contributed by atoms with E-state index in [0.717, 1.165) is 16.0 Å². The topological polar surface area (TPSA) is 66.4 Å². The first-order valence-electron chi connectivity index (χ1n) is 6.22. The van der Waals surface area contributed by atoms with Gasteiger partial charge < -0.3 is 5.11 Å². The molecule has 0 saturated heterocycles. The van der Waals surface area contributed by atoms with Crippen LogP contribution in [0, 0.1) is 13.8 Å². The van der Waals surface area contributed by atoms with Gasteiger partial charge in [0.05, 0.1) is 5.69 Å². The number of hydrogen-bond acceptors (Lipinski definition) is 4. The van der Waals surface area contributed by atoms with E-state index in [4.69, 9.17) is 5.11 Å². The quantitative estimate of drug-likeness (QED) is 0.892. The lowest BCUT2D eigenvalue weighted by atomic mass is 10.1. The lowest BCUT2D eigenvalue weighted by Gasteiger charge is -2.10. The Bertz CT molecular complexity index is 705. The fraction of sp³-hybridized carbons (Fsp3) is 0.286. The van der Waals surface area contributed by atoms with E-state index in [-0.39, 0.29) is 10.8 Å². The van der Waals surface area contributed by atoms with Gasteiger partial charge >= 0.3 is 0 Å². The number of aliphatic hydroxyl groups is 1. The Kier molecular flexibility index (Phi) is 4.47. The minimum absolute atomic E-state index is 0.0183. The first-order chi connectivity index (χ1) is 9.44. The molecule has 0 atom stereocenters. The third-order valence-corrected chi connectivity index (χ3v) is 6.11. The summed E-state index contributed by atoms with van der Waals surface area (Å²) in [5.41, 5.74) is 2.56. The van der Waals surface area contributed by atoms with E-state index >= 15 is 0 Å². The number of nitrogens with one attached hydrogen (secondary N) is 1. The summed E-state index contributed by atoms with van der Waals surface area (Å²) in [6.07, 6.45) is 0.476. The fourth-order valence-electron chi connectivity index (χ4n) is 1.80. The smallest absolute Gasteiger partial charge is 0.271 e. The molecule has 0 aliphatic rings. The molecule has 0 fully saturated rings. The lowest BCUT2D eigenvalue weighted by Crippen LogP contribution is -2.12. The maximum absolute atomic E-state index is 12.3. The lowest BCUT2D eigenvalue weighted by molar-refractivity contribution is 0.300. The van der Waals surface area contributed by atoms with Crippen LogP contribution in [0.15, 0.2) is 34.5 Å². The molecule has 0 saturated carbocycles. The van der Waals surface area contributed by atoms with Crippen LogP contribution in [0.1, 0.15) is 16.0 Å². The molecule has 20 heavy (non-hydrogen) atoms. The molecule has 0 radical (unpaired) electrons. The summed E-state index contributed by atoms with van der Waals surface area (Å²) in [7, 11) is -3.56. The molecule has 2 aromatic rings. The van der Waals surface area contributed by atoms with Gasteiger partial charge in [-0.15, -0.1) is 11.3 Å². The van der Waals surface area contributed by atoms with Crippen molar-refractivity contribution in [3.8, 4) is 0 Å². The largest absolute Gasteiger partial charge is 0.396 e. The molecule has 0 amide bonds. The van der Waals surface area contributed by atoms with Gasteiger partial charge in [0.2, 0.25) is 0 Å². The first-order valence-corrected chi connectivity index (χ1v) is 8.52. The van der Waals surface area contributed by atoms with Gasteiger partial charge in [-0.25, -0.2) is 8.42 Å². The molecule has 0 aliphatic carbocycles. The van der Waals surface area contributed by atoms with Gasteiger partial charge in [0.15, 0.2) is 0 Å². The van der Waals surface area contributed by atoms with E-state index in [1.807, 2.05) is 26.0 Å².